The molecule has 3 rings (SSSR count). The second-order valence-electron chi connectivity index (χ2n) is 6.34. The van der Waals surface area contributed by atoms with E-state index in [1.165, 1.54) is 44.6 Å². The number of piperidine rings is 1. The molecule has 20 heavy (non-hydrogen) atoms. The van der Waals surface area contributed by atoms with Crippen molar-refractivity contribution in [2.75, 3.05) is 32.7 Å². The van der Waals surface area contributed by atoms with Crippen LogP contribution in [0.25, 0.3) is 0 Å². The van der Waals surface area contributed by atoms with E-state index in [4.69, 9.17) is 0 Å². The summed E-state index contributed by atoms with van der Waals surface area (Å²) in [6, 6.07) is 12.3. The summed E-state index contributed by atoms with van der Waals surface area (Å²) in [7, 11) is 0. The fourth-order valence-corrected chi connectivity index (χ4v) is 3.58. The highest BCUT2D eigenvalue weighted by molar-refractivity contribution is 5.14. The topological polar surface area (TPSA) is 18.5 Å². The third kappa shape index (κ3) is 3.60. The summed E-state index contributed by atoms with van der Waals surface area (Å²) in [6.45, 7) is 9.53. The van der Waals surface area contributed by atoms with Crippen LogP contribution in [0.15, 0.2) is 30.3 Å². The Hall–Kier alpha value is -0.900. The largest absolute Gasteiger partial charge is 0.312 e. The normalized spacial score (nSPS) is 26.8. The highest BCUT2D eigenvalue weighted by Crippen LogP contribution is 2.19. The van der Waals surface area contributed by atoms with Gasteiger partial charge in [-0.3, -0.25) is 9.80 Å². The van der Waals surface area contributed by atoms with E-state index in [0.717, 1.165) is 19.1 Å². The van der Waals surface area contributed by atoms with Gasteiger partial charge in [0.25, 0.3) is 0 Å². The van der Waals surface area contributed by atoms with Crippen molar-refractivity contribution in [3.05, 3.63) is 35.9 Å². The van der Waals surface area contributed by atoms with Gasteiger partial charge in [0, 0.05) is 38.3 Å². The molecule has 1 aromatic rings. The van der Waals surface area contributed by atoms with E-state index in [2.05, 4.69) is 52.4 Å². The molecule has 2 aliphatic rings. The Balaban J connectivity index is 1.47. The molecule has 2 saturated heterocycles. The van der Waals surface area contributed by atoms with E-state index < -0.39 is 0 Å². The molecule has 0 aromatic heterocycles. The predicted molar refractivity (Wildman–Crippen MR) is 83.8 cm³/mol. The van der Waals surface area contributed by atoms with Gasteiger partial charge in [0.1, 0.15) is 0 Å². The van der Waals surface area contributed by atoms with Crippen LogP contribution in [0.3, 0.4) is 0 Å². The molecule has 2 heterocycles. The van der Waals surface area contributed by atoms with E-state index in [0.29, 0.717) is 6.04 Å². The minimum absolute atomic E-state index is 0.658. The smallest absolute Gasteiger partial charge is 0.0233 e. The highest BCUT2D eigenvalue weighted by Gasteiger charge is 2.27. The van der Waals surface area contributed by atoms with Crippen LogP contribution in [-0.2, 0) is 6.54 Å². The van der Waals surface area contributed by atoms with Crippen molar-refractivity contribution in [3.63, 3.8) is 0 Å². The number of piperazine rings is 1. The Morgan fingerprint density at radius 1 is 1.10 bits per heavy atom. The quantitative estimate of drug-likeness (QED) is 0.908. The maximum Gasteiger partial charge on any atom is 0.0233 e. The zero-order valence-corrected chi connectivity index (χ0v) is 12.6. The highest BCUT2D eigenvalue weighted by atomic mass is 15.2. The van der Waals surface area contributed by atoms with Gasteiger partial charge in [-0.15, -0.1) is 0 Å². The minimum atomic E-state index is 0.658. The van der Waals surface area contributed by atoms with Gasteiger partial charge in [-0.05, 0) is 38.4 Å². The SMILES string of the molecule is CC1CN(C2CCN(Cc3ccccc3)CC2)CCN1. The van der Waals surface area contributed by atoms with Crippen LogP contribution in [-0.4, -0.2) is 54.6 Å². The second kappa shape index (κ2) is 6.70. The van der Waals surface area contributed by atoms with E-state index in [9.17, 15) is 0 Å². The first kappa shape index (κ1) is 14.1. The van der Waals surface area contributed by atoms with E-state index >= 15 is 0 Å². The van der Waals surface area contributed by atoms with Crippen LogP contribution >= 0.6 is 0 Å². The van der Waals surface area contributed by atoms with Gasteiger partial charge < -0.3 is 5.32 Å². The molecule has 1 atom stereocenters. The maximum absolute atomic E-state index is 3.54. The first-order valence-electron chi connectivity index (χ1n) is 8.05. The van der Waals surface area contributed by atoms with Gasteiger partial charge in [0.05, 0.1) is 0 Å². The first-order valence-corrected chi connectivity index (χ1v) is 8.05. The average Bonchev–Trinajstić information content (AvgIpc) is 2.49. The van der Waals surface area contributed by atoms with Gasteiger partial charge >= 0.3 is 0 Å². The zero-order chi connectivity index (χ0) is 13.8. The Morgan fingerprint density at radius 2 is 1.85 bits per heavy atom. The Kier molecular flexibility index (Phi) is 4.71. The standard InChI is InChI=1S/C17H27N3/c1-15-13-20(12-9-18-15)17-7-10-19(11-8-17)14-16-5-3-2-4-6-16/h2-6,15,17-18H,7-14H2,1H3. The van der Waals surface area contributed by atoms with E-state index in [-0.39, 0.29) is 0 Å². The van der Waals surface area contributed by atoms with Gasteiger partial charge in [-0.25, -0.2) is 0 Å². The van der Waals surface area contributed by atoms with E-state index in [1.807, 2.05) is 0 Å². The number of rotatable bonds is 3. The van der Waals surface area contributed by atoms with Crippen molar-refractivity contribution in [3.8, 4) is 0 Å². The van der Waals surface area contributed by atoms with Crippen molar-refractivity contribution in [2.24, 2.45) is 0 Å². The molecule has 3 heteroatoms. The molecule has 1 aromatic carbocycles. The summed E-state index contributed by atoms with van der Waals surface area (Å²) < 4.78 is 0. The summed E-state index contributed by atoms with van der Waals surface area (Å²) in [4.78, 5) is 5.32. The van der Waals surface area contributed by atoms with Crippen molar-refractivity contribution < 1.29 is 0 Å². The van der Waals surface area contributed by atoms with Crippen molar-refractivity contribution >= 4 is 0 Å². The number of hydrogen-bond acceptors (Lipinski definition) is 3. The van der Waals surface area contributed by atoms with Crippen LogP contribution < -0.4 is 5.32 Å². The molecule has 0 spiro atoms. The van der Waals surface area contributed by atoms with Crippen LogP contribution in [0.1, 0.15) is 25.3 Å². The molecule has 1 N–H and O–H groups in total. The molecule has 3 nitrogen and oxygen atoms in total. The molecule has 0 radical (unpaired) electrons. The number of nitrogens with one attached hydrogen (secondary N) is 1. The van der Waals surface area contributed by atoms with Gasteiger partial charge in [0.2, 0.25) is 0 Å². The number of benzene rings is 1. The zero-order valence-electron chi connectivity index (χ0n) is 12.6. The Labute approximate surface area is 123 Å². The van der Waals surface area contributed by atoms with Crippen molar-refractivity contribution in [1.82, 2.24) is 15.1 Å². The molecular weight excluding hydrogens is 246 g/mol. The van der Waals surface area contributed by atoms with Crippen LogP contribution in [0.2, 0.25) is 0 Å². The lowest BCUT2D eigenvalue weighted by atomic mass is 10.0. The number of hydrogen-bond donors (Lipinski definition) is 1. The summed E-state index contributed by atoms with van der Waals surface area (Å²) in [5.41, 5.74) is 1.45. The van der Waals surface area contributed by atoms with Gasteiger partial charge in [0.15, 0.2) is 0 Å². The molecule has 0 amide bonds. The summed E-state index contributed by atoms with van der Waals surface area (Å²) in [5, 5.41) is 3.54. The monoisotopic (exact) mass is 273 g/mol. The Morgan fingerprint density at radius 3 is 2.55 bits per heavy atom. The lowest BCUT2D eigenvalue weighted by Gasteiger charge is -2.42. The summed E-state index contributed by atoms with van der Waals surface area (Å²) in [5.74, 6) is 0. The number of nitrogens with zero attached hydrogens (tertiary/aromatic N) is 2. The molecule has 2 fully saturated rings. The minimum Gasteiger partial charge on any atom is -0.312 e. The van der Waals surface area contributed by atoms with Gasteiger partial charge in [-0.1, -0.05) is 30.3 Å². The summed E-state index contributed by atoms with van der Waals surface area (Å²) in [6.07, 6.45) is 2.67. The lowest BCUT2D eigenvalue weighted by Crippen LogP contribution is -2.55. The molecule has 2 aliphatic heterocycles. The van der Waals surface area contributed by atoms with Gasteiger partial charge in [-0.2, -0.15) is 0 Å². The molecule has 0 aliphatic carbocycles. The summed E-state index contributed by atoms with van der Waals surface area (Å²) >= 11 is 0. The first-order chi connectivity index (χ1) is 9.81. The molecule has 110 valence electrons. The lowest BCUT2D eigenvalue weighted by molar-refractivity contribution is 0.0832. The average molecular weight is 273 g/mol. The molecular formula is C17H27N3. The second-order valence-corrected chi connectivity index (χ2v) is 6.34. The molecule has 0 saturated carbocycles. The predicted octanol–water partition coefficient (Wildman–Crippen LogP) is 1.94. The van der Waals surface area contributed by atoms with Crippen LogP contribution in [0, 0.1) is 0 Å². The van der Waals surface area contributed by atoms with Crippen molar-refractivity contribution in [1.29, 1.82) is 0 Å². The third-order valence-corrected chi connectivity index (χ3v) is 4.72. The van der Waals surface area contributed by atoms with E-state index in [1.54, 1.807) is 0 Å². The molecule has 1 unspecified atom stereocenters. The molecule has 0 bridgehead atoms. The van der Waals surface area contributed by atoms with Crippen molar-refractivity contribution in [2.45, 2.75) is 38.4 Å². The maximum atomic E-state index is 3.54. The third-order valence-electron chi connectivity index (χ3n) is 4.72. The fourth-order valence-electron chi connectivity index (χ4n) is 3.58. The van der Waals surface area contributed by atoms with Crippen LogP contribution in [0.5, 0.6) is 0 Å². The fraction of sp³-hybridized carbons (Fsp3) is 0.647. The number of likely N-dealkylation sites (tertiary alicyclic amines) is 1. The van der Waals surface area contributed by atoms with Crippen LogP contribution in [0.4, 0.5) is 0 Å². The Bertz CT molecular complexity index is 398.